The minimum Gasteiger partial charge on any atom is -0.352 e. The molecule has 160 valence electrons. The predicted molar refractivity (Wildman–Crippen MR) is 97.3 cm³/mol. The van der Waals surface area contributed by atoms with Gasteiger partial charge in [-0.2, -0.15) is 0 Å². The molecule has 0 radical (unpaired) electrons. The first-order valence-electron chi connectivity index (χ1n) is 9.00. The van der Waals surface area contributed by atoms with Gasteiger partial charge in [0.05, 0.1) is 5.69 Å². The molecule has 0 aliphatic carbocycles. The Hall–Kier alpha value is -2.34. The summed E-state index contributed by atoms with van der Waals surface area (Å²) < 4.78 is 67.2. The van der Waals surface area contributed by atoms with Crippen LogP contribution in [0.15, 0.2) is 17.0 Å². The number of sulfonamides is 1. The number of carbonyl (C=O) groups excluding carboxylic acids is 2. The molecular weight excluding hydrogens is 413 g/mol. The van der Waals surface area contributed by atoms with Crippen LogP contribution in [0, 0.1) is 23.5 Å². The number of hydrogen-bond donors (Lipinski definition) is 3. The molecule has 4 atom stereocenters. The fraction of sp³-hybridized carbons (Fsp3) is 0.529. The lowest BCUT2D eigenvalue weighted by Crippen LogP contribution is -2.55. The van der Waals surface area contributed by atoms with Crippen molar-refractivity contribution in [2.24, 2.45) is 11.8 Å². The van der Waals surface area contributed by atoms with Crippen molar-refractivity contribution in [3.63, 3.8) is 0 Å². The standard InChI is InChI=1S/C17H21F3N4O4S/c1-8-5-21-6-11(19)14(8)9(2)22-13(25)7-24-17(26)23-12-4-3-10(18)15(20)16(12)29(24,27)28/h3-4,8-9,11,14,21H,5-7H2,1-2H3,(H,22,25)(H,23,26)/t8?,9-,11?,14?/m0/s1. The maximum atomic E-state index is 14.2. The Balaban J connectivity index is 1.78. The highest BCUT2D eigenvalue weighted by Crippen LogP contribution is 2.33. The summed E-state index contributed by atoms with van der Waals surface area (Å²) in [5.41, 5.74) is -0.414. The van der Waals surface area contributed by atoms with E-state index in [1.165, 1.54) is 0 Å². The van der Waals surface area contributed by atoms with Crippen LogP contribution in [0.4, 0.5) is 23.7 Å². The molecule has 0 saturated carbocycles. The summed E-state index contributed by atoms with van der Waals surface area (Å²) in [6.45, 7) is 3.16. The SMILES string of the molecule is CC1CNCC(F)C1[C@H](C)NC(=O)CN1C(=O)Nc2ccc(F)c(F)c2S1(=O)=O. The predicted octanol–water partition coefficient (Wildman–Crippen LogP) is 1.20. The van der Waals surface area contributed by atoms with Crippen molar-refractivity contribution < 1.29 is 31.2 Å². The molecule has 2 aliphatic rings. The number of nitrogens with zero attached hydrogens (tertiary/aromatic N) is 1. The fourth-order valence-corrected chi connectivity index (χ4v) is 5.34. The van der Waals surface area contributed by atoms with Crippen LogP contribution in [0.1, 0.15) is 13.8 Å². The van der Waals surface area contributed by atoms with Gasteiger partial charge in [0.25, 0.3) is 10.0 Å². The molecular formula is C17H21F3N4O4S. The molecule has 12 heteroatoms. The summed E-state index contributed by atoms with van der Waals surface area (Å²) in [6, 6.07) is -0.207. The molecule has 0 bridgehead atoms. The number of halogens is 3. The number of nitrogens with one attached hydrogen (secondary N) is 3. The van der Waals surface area contributed by atoms with Crippen molar-refractivity contribution >= 4 is 27.6 Å². The third kappa shape index (κ3) is 3.90. The third-order valence-corrected chi connectivity index (χ3v) is 6.99. The normalized spacial score (nSPS) is 27.0. The molecule has 0 aromatic heterocycles. The second-order valence-corrected chi connectivity index (χ2v) is 9.06. The van der Waals surface area contributed by atoms with Gasteiger partial charge in [-0.05, 0) is 31.5 Å². The van der Waals surface area contributed by atoms with Crippen LogP contribution in [0.25, 0.3) is 0 Å². The number of amides is 3. The minimum absolute atomic E-state index is 0.0833. The molecule has 1 fully saturated rings. The molecule has 1 aromatic carbocycles. The Bertz CT molecular complexity index is 933. The monoisotopic (exact) mass is 434 g/mol. The van der Waals surface area contributed by atoms with Gasteiger partial charge < -0.3 is 16.0 Å². The molecule has 1 saturated heterocycles. The Morgan fingerprint density at radius 1 is 1.34 bits per heavy atom. The summed E-state index contributed by atoms with van der Waals surface area (Å²) in [6.07, 6.45) is -1.21. The highest BCUT2D eigenvalue weighted by atomic mass is 32.2. The third-order valence-electron chi connectivity index (χ3n) is 5.20. The Kier molecular flexibility index (Phi) is 5.77. The first kappa shape index (κ1) is 21.4. The van der Waals surface area contributed by atoms with E-state index in [1.54, 1.807) is 6.92 Å². The maximum Gasteiger partial charge on any atom is 0.336 e. The summed E-state index contributed by atoms with van der Waals surface area (Å²) >= 11 is 0. The lowest BCUT2D eigenvalue weighted by Gasteiger charge is -2.37. The van der Waals surface area contributed by atoms with Crippen LogP contribution in [-0.4, -0.2) is 56.5 Å². The molecule has 3 unspecified atom stereocenters. The van der Waals surface area contributed by atoms with E-state index in [0.717, 1.165) is 6.07 Å². The van der Waals surface area contributed by atoms with Crippen LogP contribution < -0.4 is 16.0 Å². The van der Waals surface area contributed by atoms with Crippen LogP contribution in [0.2, 0.25) is 0 Å². The number of hydrogen-bond acceptors (Lipinski definition) is 5. The number of benzene rings is 1. The maximum absolute atomic E-state index is 14.2. The lowest BCUT2D eigenvalue weighted by molar-refractivity contribution is -0.122. The van der Waals surface area contributed by atoms with Crippen molar-refractivity contribution in [3.8, 4) is 0 Å². The van der Waals surface area contributed by atoms with Gasteiger partial charge in [0.2, 0.25) is 5.91 Å². The van der Waals surface area contributed by atoms with E-state index in [1.807, 2.05) is 6.92 Å². The first-order chi connectivity index (χ1) is 13.5. The number of anilines is 1. The zero-order chi connectivity index (χ0) is 21.5. The van der Waals surface area contributed by atoms with Crippen molar-refractivity contribution in [1.29, 1.82) is 0 Å². The molecule has 1 aromatic rings. The van der Waals surface area contributed by atoms with Crippen LogP contribution >= 0.6 is 0 Å². The zero-order valence-corrected chi connectivity index (χ0v) is 16.5. The van der Waals surface area contributed by atoms with Gasteiger partial charge in [0.15, 0.2) is 11.6 Å². The average molecular weight is 434 g/mol. The minimum atomic E-state index is -4.80. The molecule has 29 heavy (non-hydrogen) atoms. The second-order valence-electron chi connectivity index (χ2n) is 7.26. The number of carbonyl (C=O) groups is 2. The molecule has 3 amide bonds. The van der Waals surface area contributed by atoms with Gasteiger partial charge >= 0.3 is 6.03 Å². The Labute approximate surface area is 165 Å². The van der Waals surface area contributed by atoms with Crippen molar-refractivity contribution in [1.82, 2.24) is 14.9 Å². The summed E-state index contributed by atoms with van der Waals surface area (Å²) in [7, 11) is -4.80. The number of fused-ring (bicyclic) bond motifs is 1. The van der Waals surface area contributed by atoms with Crippen molar-refractivity contribution in [3.05, 3.63) is 23.8 Å². The van der Waals surface area contributed by atoms with Gasteiger partial charge in [0.1, 0.15) is 17.6 Å². The van der Waals surface area contributed by atoms with Crippen molar-refractivity contribution in [2.45, 2.75) is 31.0 Å². The topological polar surface area (TPSA) is 108 Å². The summed E-state index contributed by atoms with van der Waals surface area (Å²) in [5, 5.41) is 7.56. The second kappa shape index (κ2) is 7.82. The van der Waals surface area contributed by atoms with Crippen LogP contribution in [0.3, 0.4) is 0 Å². The van der Waals surface area contributed by atoms with E-state index < -0.39 is 68.9 Å². The lowest BCUT2D eigenvalue weighted by atomic mass is 9.81. The number of rotatable bonds is 4. The fourth-order valence-electron chi connectivity index (χ4n) is 3.85. The molecule has 8 nitrogen and oxygen atoms in total. The quantitative estimate of drug-likeness (QED) is 0.660. The van der Waals surface area contributed by atoms with E-state index in [0.29, 0.717) is 12.6 Å². The van der Waals surface area contributed by atoms with E-state index >= 15 is 0 Å². The smallest absolute Gasteiger partial charge is 0.336 e. The average Bonchev–Trinajstić information content (AvgIpc) is 2.61. The van der Waals surface area contributed by atoms with Gasteiger partial charge in [-0.25, -0.2) is 30.7 Å². The first-order valence-corrected chi connectivity index (χ1v) is 10.4. The highest BCUT2D eigenvalue weighted by Gasteiger charge is 2.42. The molecule has 0 spiro atoms. The Morgan fingerprint density at radius 3 is 2.69 bits per heavy atom. The Morgan fingerprint density at radius 2 is 2.03 bits per heavy atom. The van der Waals surface area contributed by atoms with Gasteiger partial charge in [-0.1, -0.05) is 6.92 Å². The van der Waals surface area contributed by atoms with Gasteiger partial charge in [-0.15, -0.1) is 0 Å². The zero-order valence-electron chi connectivity index (χ0n) is 15.7. The molecule has 3 rings (SSSR count). The van der Waals surface area contributed by atoms with Gasteiger partial charge in [-0.3, -0.25) is 4.79 Å². The molecule has 3 N–H and O–H groups in total. The largest absolute Gasteiger partial charge is 0.352 e. The van der Waals surface area contributed by atoms with Crippen LogP contribution in [0.5, 0.6) is 0 Å². The van der Waals surface area contributed by atoms with E-state index in [4.69, 9.17) is 0 Å². The summed E-state index contributed by atoms with van der Waals surface area (Å²) in [4.78, 5) is 23.5. The van der Waals surface area contributed by atoms with E-state index in [9.17, 15) is 31.2 Å². The van der Waals surface area contributed by atoms with E-state index in [-0.39, 0.29) is 16.8 Å². The van der Waals surface area contributed by atoms with E-state index in [2.05, 4.69) is 16.0 Å². The number of piperidine rings is 1. The van der Waals surface area contributed by atoms with Crippen molar-refractivity contribution in [2.75, 3.05) is 25.0 Å². The molecule has 2 heterocycles. The number of urea groups is 1. The van der Waals surface area contributed by atoms with Gasteiger partial charge in [0, 0.05) is 18.5 Å². The molecule has 2 aliphatic heterocycles. The number of alkyl halides is 1. The highest BCUT2D eigenvalue weighted by molar-refractivity contribution is 7.90. The summed E-state index contributed by atoms with van der Waals surface area (Å²) in [5.74, 6) is -4.51. The van der Waals surface area contributed by atoms with Crippen LogP contribution in [-0.2, 0) is 14.8 Å².